The van der Waals surface area contributed by atoms with Gasteiger partial charge in [-0.2, -0.15) is 0 Å². The number of fused-ring (bicyclic) bond motifs is 1. The van der Waals surface area contributed by atoms with Crippen molar-refractivity contribution in [3.8, 4) is 0 Å². The minimum absolute atomic E-state index is 0.0970. The van der Waals surface area contributed by atoms with E-state index < -0.39 is 9.84 Å². The van der Waals surface area contributed by atoms with Crippen molar-refractivity contribution in [1.82, 2.24) is 9.80 Å². The van der Waals surface area contributed by atoms with E-state index in [1.807, 2.05) is 12.1 Å². The van der Waals surface area contributed by atoms with Crippen molar-refractivity contribution in [3.63, 3.8) is 0 Å². The van der Waals surface area contributed by atoms with E-state index >= 15 is 0 Å². The second-order valence-electron chi connectivity index (χ2n) is 9.63. The summed E-state index contributed by atoms with van der Waals surface area (Å²) in [5.41, 5.74) is 0.962. The summed E-state index contributed by atoms with van der Waals surface area (Å²) in [5.74, 6) is 0.634. The van der Waals surface area contributed by atoms with E-state index in [4.69, 9.17) is 4.74 Å². The quantitative estimate of drug-likeness (QED) is 0.779. The highest BCUT2D eigenvalue weighted by molar-refractivity contribution is 7.90. The number of ether oxygens (including phenoxy) is 1. The topological polar surface area (TPSA) is 70.1 Å². The maximum Gasteiger partial charge on any atom is 0.175 e. The minimum atomic E-state index is -3.16. The fourth-order valence-electron chi connectivity index (χ4n) is 6.33. The molecule has 0 amide bonds. The smallest absolute Gasteiger partial charge is 0.175 e. The Balaban J connectivity index is 1.33. The van der Waals surface area contributed by atoms with E-state index in [0.29, 0.717) is 16.9 Å². The summed E-state index contributed by atoms with van der Waals surface area (Å²) >= 11 is 0. The number of benzene rings is 1. The van der Waals surface area contributed by atoms with Gasteiger partial charge in [0.25, 0.3) is 0 Å². The molecule has 4 atom stereocenters. The fourth-order valence-corrected chi connectivity index (χ4v) is 6.96. The highest BCUT2D eigenvalue weighted by atomic mass is 32.2. The SMILES string of the molecule is CS(=O)(=O)c1ccc(CN2C[C@H]3O[C@]4(C2)CN(C2CCCC2)C[C@@H]4[C@@H]3CO)cc1. The van der Waals surface area contributed by atoms with Crippen molar-refractivity contribution >= 4 is 9.84 Å². The molecule has 2 bridgehead atoms. The summed E-state index contributed by atoms with van der Waals surface area (Å²) in [7, 11) is -3.16. The van der Waals surface area contributed by atoms with Crippen LogP contribution in [-0.4, -0.2) is 80.1 Å². The van der Waals surface area contributed by atoms with Crippen LogP contribution in [0.2, 0.25) is 0 Å². The van der Waals surface area contributed by atoms with E-state index in [9.17, 15) is 13.5 Å². The monoisotopic (exact) mass is 420 g/mol. The van der Waals surface area contributed by atoms with Crippen molar-refractivity contribution in [2.24, 2.45) is 11.8 Å². The summed E-state index contributed by atoms with van der Waals surface area (Å²) in [6.45, 7) is 4.76. The molecule has 0 aromatic heterocycles. The molecule has 3 saturated heterocycles. The number of hydrogen-bond donors (Lipinski definition) is 1. The van der Waals surface area contributed by atoms with Crippen molar-refractivity contribution < 1.29 is 18.3 Å². The molecule has 29 heavy (non-hydrogen) atoms. The third-order valence-corrected chi connectivity index (χ3v) is 8.83. The van der Waals surface area contributed by atoms with Crippen LogP contribution in [0.4, 0.5) is 0 Å². The van der Waals surface area contributed by atoms with Gasteiger partial charge in [-0.05, 0) is 30.5 Å². The third-order valence-electron chi connectivity index (χ3n) is 7.70. The molecule has 5 rings (SSSR count). The lowest BCUT2D eigenvalue weighted by molar-refractivity contribution is -0.121. The molecular weight excluding hydrogens is 388 g/mol. The van der Waals surface area contributed by atoms with Crippen LogP contribution in [0.25, 0.3) is 0 Å². The molecule has 160 valence electrons. The number of aliphatic hydroxyl groups is 1. The van der Waals surface area contributed by atoms with Gasteiger partial charge in [-0.3, -0.25) is 9.80 Å². The summed E-state index contributed by atoms with van der Waals surface area (Å²) < 4.78 is 30.0. The van der Waals surface area contributed by atoms with Gasteiger partial charge < -0.3 is 9.84 Å². The maximum absolute atomic E-state index is 11.7. The van der Waals surface area contributed by atoms with Gasteiger partial charge in [-0.15, -0.1) is 0 Å². The van der Waals surface area contributed by atoms with Crippen molar-refractivity contribution in [2.75, 3.05) is 39.0 Å². The van der Waals surface area contributed by atoms with Gasteiger partial charge in [-0.25, -0.2) is 8.42 Å². The standard InChI is InChI=1S/C22H32N2O4S/c1-29(26,27)18-8-6-16(7-9-18)10-23-12-21-19(13-25)20-11-24(17-4-2-3-5-17)15-22(20,14-23)28-21/h6-9,17,19-21,25H,2-5,10-15H2,1H3/t19-,20+,21+,22+/m0/s1. The van der Waals surface area contributed by atoms with Crippen molar-refractivity contribution in [3.05, 3.63) is 29.8 Å². The molecule has 1 spiro atoms. The van der Waals surface area contributed by atoms with Gasteiger partial charge in [0.2, 0.25) is 0 Å². The van der Waals surface area contributed by atoms with Crippen molar-refractivity contribution in [1.29, 1.82) is 0 Å². The zero-order valence-electron chi connectivity index (χ0n) is 17.2. The average molecular weight is 421 g/mol. The largest absolute Gasteiger partial charge is 0.396 e. The molecule has 4 aliphatic rings. The first-order chi connectivity index (χ1) is 13.9. The first-order valence-corrected chi connectivity index (χ1v) is 12.8. The van der Waals surface area contributed by atoms with Gasteiger partial charge in [0.1, 0.15) is 0 Å². The van der Waals surface area contributed by atoms with Crippen molar-refractivity contribution in [2.45, 2.75) is 54.9 Å². The number of nitrogens with zero attached hydrogens (tertiary/aromatic N) is 2. The Bertz CT molecular complexity index is 852. The van der Waals surface area contributed by atoms with Gasteiger partial charge in [0.15, 0.2) is 9.84 Å². The number of hydrogen-bond acceptors (Lipinski definition) is 6. The zero-order chi connectivity index (χ0) is 20.2. The molecule has 6 nitrogen and oxygen atoms in total. The Morgan fingerprint density at radius 1 is 1.14 bits per heavy atom. The Morgan fingerprint density at radius 3 is 2.52 bits per heavy atom. The molecule has 1 aliphatic carbocycles. The summed E-state index contributed by atoms with van der Waals surface area (Å²) in [4.78, 5) is 5.45. The molecule has 0 radical (unpaired) electrons. The Hall–Kier alpha value is -0.990. The van der Waals surface area contributed by atoms with E-state index in [0.717, 1.165) is 38.3 Å². The number of aliphatic hydroxyl groups excluding tert-OH is 1. The number of morpholine rings is 1. The molecule has 1 saturated carbocycles. The predicted molar refractivity (Wildman–Crippen MR) is 110 cm³/mol. The van der Waals surface area contributed by atoms with Gasteiger partial charge in [0.05, 0.1) is 16.6 Å². The van der Waals surface area contributed by atoms with Crippen LogP contribution in [0.5, 0.6) is 0 Å². The first kappa shape index (κ1) is 19.9. The number of likely N-dealkylation sites (tertiary alicyclic amines) is 2. The molecule has 3 heterocycles. The second kappa shape index (κ2) is 7.31. The Kier molecular flexibility index (Phi) is 5.02. The molecule has 0 unspecified atom stereocenters. The lowest BCUT2D eigenvalue weighted by Crippen LogP contribution is -2.54. The van der Waals surface area contributed by atoms with Crippen LogP contribution < -0.4 is 0 Å². The highest BCUT2D eigenvalue weighted by Crippen LogP contribution is 2.50. The third kappa shape index (κ3) is 3.55. The Labute approximate surface area is 173 Å². The van der Waals surface area contributed by atoms with Crippen LogP contribution in [0.1, 0.15) is 31.2 Å². The van der Waals surface area contributed by atoms with Gasteiger partial charge in [0, 0.05) is 63.5 Å². The minimum Gasteiger partial charge on any atom is -0.396 e. The molecule has 1 aromatic carbocycles. The van der Waals surface area contributed by atoms with E-state index in [1.165, 1.54) is 31.9 Å². The number of rotatable bonds is 5. The van der Waals surface area contributed by atoms with Crippen LogP contribution >= 0.6 is 0 Å². The van der Waals surface area contributed by atoms with Gasteiger partial charge >= 0.3 is 0 Å². The lowest BCUT2D eigenvalue weighted by atomic mass is 9.83. The van der Waals surface area contributed by atoms with Gasteiger partial charge in [-0.1, -0.05) is 25.0 Å². The van der Waals surface area contributed by atoms with E-state index in [2.05, 4.69) is 9.80 Å². The number of sulfone groups is 1. The maximum atomic E-state index is 11.7. The predicted octanol–water partition coefficient (Wildman–Crippen LogP) is 1.53. The molecule has 1 aromatic rings. The first-order valence-electron chi connectivity index (χ1n) is 10.9. The second-order valence-corrected chi connectivity index (χ2v) is 11.6. The van der Waals surface area contributed by atoms with Crippen LogP contribution in [0.3, 0.4) is 0 Å². The average Bonchev–Trinajstić information content (AvgIpc) is 3.35. The lowest BCUT2D eigenvalue weighted by Gasteiger charge is -2.41. The molecule has 3 aliphatic heterocycles. The molecule has 4 fully saturated rings. The molecule has 7 heteroatoms. The summed E-state index contributed by atoms with van der Waals surface area (Å²) in [6, 6.07) is 7.94. The van der Waals surface area contributed by atoms with Crippen LogP contribution in [-0.2, 0) is 21.1 Å². The molecule has 1 N–H and O–H groups in total. The highest BCUT2D eigenvalue weighted by Gasteiger charge is 2.62. The van der Waals surface area contributed by atoms with Crippen LogP contribution in [0, 0.1) is 11.8 Å². The fraction of sp³-hybridized carbons (Fsp3) is 0.727. The Morgan fingerprint density at radius 2 is 1.86 bits per heavy atom. The summed E-state index contributed by atoms with van der Waals surface area (Å²) in [5, 5.41) is 10.1. The normalized spacial score (nSPS) is 36.0. The summed E-state index contributed by atoms with van der Waals surface area (Å²) in [6.07, 6.45) is 6.60. The molecular formula is C22H32N2O4S. The van der Waals surface area contributed by atoms with E-state index in [-0.39, 0.29) is 24.2 Å². The zero-order valence-corrected chi connectivity index (χ0v) is 18.0. The van der Waals surface area contributed by atoms with E-state index in [1.54, 1.807) is 12.1 Å². The van der Waals surface area contributed by atoms with Crippen LogP contribution in [0.15, 0.2) is 29.2 Å².